The highest BCUT2D eigenvalue weighted by Crippen LogP contribution is 2.29. The fraction of sp³-hybridized carbons (Fsp3) is 1.00. The first-order valence-electron chi connectivity index (χ1n) is 6.15. The Hall–Kier alpha value is 0.310. The van der Waals surface area contributed by atoms with Crippen LogP contribution in [-0.2, 0) is 0 Å². The van der Waals surface area contributed by atoms with Crippen LogP contribution in [0.4, 0.5) is 0 Å². The van der Waals surface area contributed by atoms with Crippen molar-refractivity contribution in [1.82, 2.24) is 5.32 Å². The van der Waals surface area contributed by atoms with Gasteiger partial charge in [0, 0.05) is 11.3 Å². The van der Waals surface area contributed by atoms with Crippen LogP contribution in [0.5, 0.6) is 0 Å². The number of nitrogens with one attached hydrogen (secondary N) is 1. The lowest BCUT2D eigenvalue weighted by molar-refractivity contribution is 0.504. The third-order valence-electron chi connectivity index (χ3n) is 3.25. The van der Waals surface area contributed by atoms with E-state index in [1.165, 1.54) is 50.7 Å². The van der Waals surface area contributed by atoms with Gasteiger partial charge in [-0.05, 0) is 44.9 Å². The van der Waals surface area contributed by atoms with Crippen LogP contribution in [0.15, 0.2) is 0 Å². The minimum Gasteiger partial charge on any atom is -0.317 e. The molecule has 1 rings (SSSR count). The van der Waals surface area contributed by atoms with Crippen molar-refractivity contribution in [2.45, 2.75) is 63.2 Å². The van der Waals surface area contributed by atoms with Gasteiger partial charge in [0.15, 0.2) is 0 Å². The molecule has 0 saturated heterocycles. The van der Waals surface area contributed by atoms with Crippen LogP contribution in [0.2, 0.25) is 0 Å². The van der Waals surface area contributed by atoms with Gasteiger partial charge in [-0.1, -0.05) is 19.8 Å². The van der Waals surface area contributed by atoms with Gasteiger partial charge in [-0.25, -0.2) is 0 Å². The van der Waals surface area contributed by atoms with Crippen molar-refractivity contribution in [3.05, 3.63) is 0 Å². The summed E-state index contributed by atoms with van der Waals surface area (Å²) in [6.07, 6.45) is 9.93. The average molecular weight is 215 g/mol. The first-order chi connectivity index (χ1) is 6.86. The topological polar surface area (TPSA) is 12.0 Å². The van der Waals surface area contributed by atoms with E-state index in [0.717, 1.165) is 11.3 Å². The first kappa shape index (κ1) is 12.4. The summed E-state index contributed by atoms with van der Waals surface area (Å²) in [5.41, 5.74) is 0. The molecule has 0 aromatic heterocycles. The van der Waals surface area contributed by atoms with Crippen LogP contribution < -0.4 is 5.32 Å². The molecule has 0 bridgehead atoms. The largest absolute Gasteiger partial charge is 0.317 e. The molecule has 1 saturated carbocycles. The van der Waals surface area contributed by atoms with E-state index in [1.54, 1.807) is 0 Å². The summed E-state index contributed by atoms with van der Waals surface area (Å²) in [5.74, 6) is 1.38. The van der Waals surface area contributed by atoms with Gasteiger partial charge in [-0.3, -0.25) is 0 Å². The van der Waals surface area contributed by atoms with Crippen LogP contribution in [0.3, 0.4) is 0 Å². The van der Waals surface area contributed by atoms with E-state index >= 15 is 0 Å². The lowest BCUT2D eigenvalue weighted by Crippen LogP contribution is -2.24. The van der Waals surface area contributed by atoms with Crippen LogP contribution in [0.1, 0.15) is 51.9 Å². The molecule has 1 aliphatic rings. The summed E-state index contributed by atoms with van der Waals surface area (Å²) in [6, 6.07) is 0.749. The molecule has 0 aliphatic heterocycles. The average Bonchev–Trinajstić information content (AvgIpc) is 2.71. The van der Waals surface area contributed by atoms with E-state index in [0.29, 0.717) is 0 Å². The van der Waals surface area contributed by atoms with Crippen molar-refractivity contribution in [2.24, 2.45) is 0 Å². The quantitative estimate of drug-likeness (QED) is 0.653. The zero-order chi connectivity index (χ0) is 10.2. The van der Waals surface area contributed by atoms with Crippen molar-refractivity contribution in [3.8, 4) is 0 Å². The molecule has 14 heavy (non-hydrogen) atoms. The van der Waals surface area contributed by atoms with E-state index < -0.39 is 0 Å². The maximum atomic E-state index is 3.37. The molecule has 0 aromatic rings. The van der Waals surface area contributed by atoms with Crippen LogP contribution >= 0.6 is 11.8 Å². The zero-order valence-electron chi connectivity index (χ0n) is 9.72. The summed E-state index contributed by atoms with van der Waals surface area (Å²) in [6.45, 7) is 2.27. The normalized spacial score (nSPS) is 20.1. The summed E-state index contributed by atoms with van der Waals surface area (Å²) in [7, 11) is 2.08. The van der Waals surface area contributed by atoms with Gasteiger partial charge < -0.3 is 5.32 Å². The van der Waals surface area contributed by atoms with Gasteiger partial charge in [-0.15, -0.1) is 0 Å². The SMILES string of the molecule is CCC(CCCSC1CCCC1)NC. The summed E-state index contributed by atoms with van der Waals surface area (Å²) in [4.78, 5) is 0. The molecule has 0 spiro atoms. The predicted octanol–water partition coefficient (Wildman–Crippen LogP) is 3.44. The van der Waals surface area contributed by atoms with Crippen LogP contribution in [-0.4, -0.2) is 24.1 Å². The summed E-state index contributed by atoms with van der Waals surface area (Å²) < 4.78 is 0. The Morgan fingerprint density at radius 2 is 2.07 bits per heavy atom. The molecular weight excluding hydrogens is 190 g/mol. The molecule has 1 fully saturated rings. The molecule has 1 N–H and O–H groups in total. The zero-order valence-corrected chi connectivity index (χ0v) is 10.5. The smallest absolute Gasteiger partial charge is 0.00617 e. The number of thioether (sulfide) groups is 1. The van der Waals surface area contributed by atoms with E-state index in [1.807, 2.05) is 0 Å². The van der Waals surface area contributed by atoms with Crippen molar-refractivity contribution in [3.63, 3.8) is 0 Å². The number of rotatable bonds is 7. The van der Waals surface area contributed by atoms with Crippen LogP contribution in [0.25, 0.3) is 0 Å². The Labute approximate surface area is 93.4 Å². The highest BCUT2D eigenvalue weighted by Gasteiger charge is 2.14. The molecule has 84 valence electrons. The minimum atomic E-state index is 0.749. The third kappa shape index (κ3) is 4.70. The van der Waals surface area contributed by atoms with Gasteiger partial charge in [0.1, 0.15) is 0 Å². The number of hydrogen-bond acceptors (Lipinski definition) is 2. The van der Waals surface area contributed by atoms with E-state index in [2.05, 4.69) is 31.1 Å². The van der Waals surface area contributed by atoms with Gasteiger partial charge in [-0.2, -0.15) is 11.8 Å². The van der Waals surface area contributed by atoms with Crippen molar-refractivity contribution in [2.75, 3.05) is 12.8 Å². The predicted molar refractivity (Wildman–Crippen MR) is 67.1 cm³/mol. The molecule has 0 amide bonds. The summed E-state index contributed by atoms with van der Waals surface area (Å²) in [5, 5.41) is 4.38. The van der Waals surface area contributed by atoms with Crippen molar-refractivity contribution in [1.29, 1.82) is 0 Å². The molecule has 1 atom stereocenters. The number of hydrogen-bond donors (Lipinski definition) is 1. The van der Waals surface area contributed by atoms with Gasteiger partial charge in [0.05, 0.1) is 0 Å². The second-order valence-electron chi connectivity index (χ2n) is 4.31. The maximum Gasteiger partial charge on any atom is 0.00617 e. The van der Waals surface area contributed by atoms with Crippen LogP contribution in [0, 0.1) is 0 Å². The Balaban J connectivity index is 1.92. The first-order valence-corrected chi connectivity index (χ1v) is 7.20. The lowest BCUT2D eigenvalue weighted by Gasteiger charge is -2.14. The van der Waals surface area contributed by atoms with Crippen molar-refractivity contribution >= 4 is 11.8 Å². The standard InChI is InChI=1S/C12H25NS/c1-3-11(13-2)7-6-10-14-12-8-4-5-9-12/h11-13H,3-10H2,1-2H3. The minimum absolute atomic E-state index is 0.749. The molecule has 0 heterocycles. The Morgan fingerprint density at radius 3 is 2.64 bits per heavy atom. The van der Waals surface area contributed by atoms with E-state index in [9.17, 15) is 0 Å². The van der Waals surface area contributed by atoms with Gasteiger partial charge in [0.2, 0.25) is 0 Å². The Kier molecular flexibility index (Phi) is 6.70. The highest BCUT2D eigenvalue weighted by atomic mass is 32.2. The van der Waals surface area contributed by atoms with Gasteiger partial charge >= 0.3 is 0 Å². The molecule has 1 nitrogen and oxygen atoms in total. The van der Waals surface area contributed by atoms with E-state index in [4.69, 9.17) is 0 Å². The summed E-state index contributed by atoms with van der Waals surface area (Å²) >= 11 is 2.22. The maximum absolute atomic E-state index is 3.37. The highest BCUT2D eigenvalue weighted by molar-refractivity contribution is 7.99. The molecule has 2 heteroatoms. The third-order valence-corrected chi connectivity index (χ3v) is 4.72. The van der Waals surface area contributed by atoms with Gasteiger partial charge in [0.25, 0.3) is 0 Å². The Bertz CT molecular complexity index is 124. The fourth-order valence-electron chi connectivity index (χ4n) is 2.19. The monoisotopic (exact) mass is 215 g/mol. The lowest BCUT2D eigenvalue weighted by atomic mass is 10.1. The molecule has 0 aromatic carbocycles. The fourth-order valence-corrected chi connectivity index (χ4v) is 3.52. The molecule has 1 aliphatic carbocycles. The molecular formula is C12H25NS. The second kappa shape index (κ2) is 7.58. The second-order valence-corrected chi connectivity index (χ2v) is 5.72. The van der Waals surface area contributed by atoms with E-state index in [-0.39, 0.29) is 0 Å². The Morgan fingerprint density at radius 1 is 1.36 bits per heavy atom. The molecule has 0 radical (unpaired) electrons. The van der Waals surface area contributed by atoms with Crippen molar-refractivity contribution < 1.29 is 0 Å². The molecule has 1 unspecified atom stereocenters.